The first-order valence-electron chi connectivity index (χ1n) is 7.97. The maximum absolute atomic E-state index is 11.8. The second-order valence-electron chi connectivity index (χ2n) is 7.28. The molecule has 1 aliphatic heterocycles. The van der Waals surface area contributed by atoms with E-state index in [-0.39, 0.29) is 5.41 Å². The number of rotatable bonds is 4. The molecule has 0 fully saturated rings. The zero-order chi connectivity index (χ0) is 17.4. The van der Waals surface area contributed by atoms with Crippen LogP contribution in [0.15, 0.2) is 23.3 Å². The van der Waals surface area contributed by atoms with Gasteiger partial charge in [-0.15, -0.1) is 0 Å². The third-order valence-corrected chi connectivity index (χ3v) is 4.42. The maximum atomic E-state index is 11.8. The third kappa shape index (κ3) is 3.19. The molecule has 5 nitrogen and oxygen atoms in total. The van der Waals surface area contributed by atoms with Crippen molar-refractivity contribution < 1.29 is 9.53 Å². The Hall–Kier alpha value is -2.04. The number of hydrogen-bond donors (Lipinski definition) is 0. The molecule has 0 radical (unpaired) electrons. The highest BCUT2D eigenvalue weighted by molar-refractivity contribution is 6.16. The zero-order valence-electron chi connectivity index (χ0n) is 15.2. The zero-order valence-corrected chi connectivity index (χ0v) is 15.2. The molecule has 23 heavy (non-hydrogen) atoms. The van der Waals surface area contributed by atoms with Gasteiger partial charge in [0.25, 0.3) is 0 Å². The Morgan fingerprint density at radius 1 is 1.35 bits per heavy atom. The summed E-state index contributed by atoms with van der Waals surface area (Å²) in [5.41, 5.74) is 1.28. The fraction of sp³-hybridized carbons (Fsp3) is 0.556. The molecule has 0 aliphatic carbocycles. The lowest BCUT2D eigenvalue weighted by molar-refractivity contribution is -0.107. The number of carbonyl (C=O) groups excluding carboxylic acids is 1. The van der Waals surface area contributed by atoms with Crippen LogP contribution in [-0.2, 0) is 10.2 Å². The van der Waals surface area contributed by atoms with Gasteiger partial charge in [-0.3, -0.25) is 9.69 Å². The van der Waals surface area contributed by atoms with E-state index in [1.54, 1.807) is 9.91 Å². The Balaban J connectivity index is 2.62. The summed E-state index contributed by atoms with van der Waals surface area (Å²) < 4.78 is 6.11. The van der Waals surface area contributed by atoms with Crippen LogP contribution in [0.3, 0.4) is 0 Å². The number of hydrogen-bond acceptors (Lipinski definition) is 4. The molecule has 1 aromatic carbocycles. The quantitative estimate of drug-likeness (QED) is 0.632. The summed E-state index contributed by atoms with van der Waals surface area (Å²) >= 11 is 0. The van der Waals surface area contributed by atoms with Crippen LogP contribution < -0.4 is 9.64 Å². The number of benzene rings is 1. The summed E-state index contributed by atoms with van der Waals surface area (Å²) in [5.74, 6) is 1.28. The predicted octanol–water partition coefficient (Wildman–Crippen LogP) is 3.38. The van der Waals surface area contributed by atoms with Gasteiger partial charge in [-0.1, -0.05) is 26.8 Å². The maximum Gasteiger partial charge on any atom is 0.219 e. The van der Waals surface area contributed by atoms with E-state index in [4.69, 9.17) is 4.74 Å². The number of nitrogens with zero attached hydrogens (tertiary/aromatic N) is 3. The molecule has 0 unspecified atom stereocenters. The molecule has 1 heterocycles. The lowest BCUT2D eigenvalue weighted by Crippen LogP contribution is -2.53. The number of fused-ring (bicyclic) bond motifs is 1. The molecule has 0 spiro atoms. The van der Waals surface area contributed by atoms with Gasteiger partial charge in [-0.2, -0.15) is 5.10 Å². The molecule has 1 aromatic rings. The Labute approximate surface area is 138 Å². The topological polar surface area (TPSA) is 45.1 Å². The number of hydrazone groups is 1. The molecule has 126 valence electrons. The number of anilines is 1. The first kappa shape index (κ1) is 17.3. The van der Waals surface area contributed by atoms with Gasteiger partial charge in [0.1, 0.15) is 5.75 Å². The van der Waals surface area contributed by atoms with Crippen molar-refractivity contribution in [1.29, 1.82) is 0 Å². The van der Waals surface area contributed by atoms with Gasteiger partial charge in [0, 0.05) is 14.1 Å². The Morgan fingerprint density at radius 2 is 2.00 bits per heavy atom. The van der Waals surface area contributed by atoms with Crippen molar-refractivity contribution >= 4 is 17.9 Å². The van der Waals surface area contributed by atoms with Crippen LogP contribution in [0.25, 0.3) is 0 Å². The van der Waals surface area contributed by atoms with E-state index >= 15 is 0 Å². The van der Waals surface area contributed by atoms with Crippen molar-refractivity contribution in [1.82, 2.24) is 5.01 Å². The van der Waals surface area contributed by atoms with Gasteiger partial charge in [0.2, 0.25) is 6.41 Å². The smallest absolute Gasteiger partial charge is 0.219 e. The van der Waals surface area contributed by atoms with Crippen molar-refractivity contribution in [2.45, 2.75) is 52.1 Å². The summed E-state index contributed by atoms with van der Waals surface area (Å²) in [5, 5.41) is 6.15. The molecule has 0 saturated carbocycles. The molecule has 5 heteroatoms. The molecule has 0 aromatic heterocycles. The van der Waals surface area contributed by atoms with Crippen molar-refractivity contribution in [2.24, 2.45) is 5.10 Å². The molecule has 0 saturated heterocycles. The summed E-state index contributed by atoms with van der Waals surface area (Å²) in [6.45, 7) is 10.4. The van der Waals surface area contributed by atoms with Gasteiger partial charge in [-0.25, -0.2) is 0 Å². The van der Waals surface area contributed by atoms with Crippen molar-refractivity contribution in [2.75, 3.05) is 19.0 Å². The van der Waals surface area contributed by atoms with Crippen LogP contribution in [0.1, 0.15) is 46.6 Å². The third-order valence-electron chi connectivity index (χ3n) is 4.42. The van der Waals surface area contributed by atoms with E-state index in [2.05, 4.69) is 31.9 Å². The van der Waals surface area contributed by atoms with Gasteiger partial charge < -0.3 is 9.75 Å². The molecular formula is C18H27N3O2. The summed E-state index contributed by atoms with van der Waals surface area (Å²) in [6, 6.07) is 6.07. The van der Waals surface area contributed by atoms with Crippen LogP contribution >= 0.6 is 0 Å². The molecule has 0 atom stereocenters. The molecule has 1 aliphatic rings. The van der Waals surface area contributed by atoms with Crippen LogP contribution in [0.2, 0.25) is 0 Å². The number of amides is 1. The standard InChI is InChI=1S/C18H27N3O2/c1-8-17(2,3)13-9-10-15-14(11-13)21(12-22)16(19-20(6)7)18(4,5)23-15/h9-12H,8H2,1-7H3/b19-16-. The van der Waals surface area contributed by atoms with Gasteiger partial charge >= 0.3 is 0 Å². The van der Waals surface area contributed by atoms with Crippen LogP contribution in [-0.4, -0.2) is 37.0 Å². The molecule has 2 rings (SSSR count). The van der Waals surface area contributed by atoms with Gasteiger partial charge in [-0.05, 0) is 43.4 Å². The first-order chi connectivity index (χ1) is 10.6. The normalized spacial score (nSPS) is 18.4. The largest absolute Gasteiger partial charge is 0.478 e. The number of amidine groups is 1. The summed E-state index contributed by atoms with van der Waals surface area (Å²) in [6.07, 6.45) is 1.83. The monoisotopic (exact) mass is 317 g/mol. The van der Waals surface area contributed by atoms with E-state index in [0.717, 1.165) is 18.5 Å². The van der Waals surface area contributed by atoms with Crippen LogP contribution in [0.5, 0.6) is 5.75 Å². The Bertz CT molecular complexity index is 633. The average molecular weight is 317 g/mol. The summed E-state index contributed by atoms with van der Waals surface area (Å²) in [7, 11) is 3.66. The van der Waals surface area contributed by atoms with Crippen LogP contribution in [0, 0.1) is 0 Å². The van der Waals surface area contributed by atoms with Gasteiger partial charge in [0.15, 0.2) is 11.4 Å². The van der Waals surface area contributed by atoms with Crippen molar-refractivity contribution in [3.8, 4) is 5.75 Å². The van der Waals surface area contributed by atoms with E-state index in [9.17, 15) is 4.79 Å². The lowest BCUT2D eigenvalue weighted by Gasteiger charge is -2.40. The fourth-order valence-corrected chi connectivity index (χ4v) is 2.61. The minimum absolute atomic E-state index is 0.0371. The van der Waals surface area contributed by atoms with Crippen LogP contribution in [0.4, 0.5) is 5.69 Å². The highest BCUT2D eigenvalue weighted by Gasteiger charge is 2.40. The highest BCUT2D eigenvalue weighted by Crippen LogP contribution is 2.41. The lowest BCUT2D eigenvalue weighted by atomic mass is 9.82. The molecule has 0 N–H and O–H groups in total. The Kier molecular flexibility index (Phi) is 4.42. The average Bonchev–Trinajstić information content (AvgIpc) is 2.46. The van der Waals surface area contributed by atoms with E-state index in [1.807, 2.05) is 40.1 Å². The minimum Gasteiger partial charge on any atom is -0.478 e. The molecule has 1 amide bonds. The van der Waals surface area contributed by atoms with E-state index < -0.39 is 5.60 Å². The predicted molar refractivity (Wildman–Crippen MR) is 94.1 cm³/mol. The summed E-state index contributed by atoms with van der Waals surface area (Å²) in [4.78, 5) is 13.4. The second-order valence-corrected chi connectivity index (χ2v) is 7.28. The SMILES string of the molecule is CCC(C)(C)c1ccc2c(c1)N(C=O)/C(=N\N(C)C)C(C)(C)O2. The van der Waals surface area contributed by atoms with Gasteiger partial charge in [0.05, 0.1) is 5.69 Å². The first-order valence-corrected chi connectivity index (χ1v) is 7.97. The van der Waals surface area contributed by atoms with Crippen molar-refractivity contribution in [3.63, 3.8) is 0 Å². The number of carbonyl (C=O) groups is 1. The van der Waals surface area contributed by atoms with E-state index in [1.165, 1.54) is 5.56 Å². The second kappa shape index (κ2) is 5.87. The van der Waals surface area contributed by atoms with Crippen molar-refractivity contribution in [3.05, 3.63) is 23.8 Å². The minimum atomic E-state index is -0.681. The number of ether oxygens (including phenoxy) is 1. The highest BCUT2D eigenvalue weighted by atomic mass is 16.5. The van der Waals surface area contributed by atoms with E-state index in [0.29, 0.717) is 11.6 Å². The Morgan fingerprint density at radius 3 is 2.52 bits per heavy atom. The molecular weight excluding hydrogens is 290 g/mol. The fourth-order valence-electron chi connectivity index (χ4n) is 2.61. The molecule has 0 bridgehead atoms.